The van der Waals surface area contributed by atoms with Gasteiger partial charge in [0.15, 0.2) is 5.41 Å². The minimum absolute atomic E-state index is 0.0360. The van der Waals surface area contributed by atoms with E-state index in [0.717, 1.165) is 5.56 Å². The Bertz CT molecular complexity index is 842. The van der Waals surface area contributed by atoms with Gasteiger partial charge >= 0.3 is 5.72 Å². The van der Waals surface area contributed by atoms with Gasteiger partial charge in [-0.25, -0.2) is 0 Å². The van der Waals surface area contributed by atoms with Gasteiger partial charge in [0.1, 0.15) is 11.7 Å². The fourth-order valence-corrected chi connectivity index (χ4v) is 4.09. The molecule has 0 N–H and O–H groups in total. The van der Waals surface area contributed by atoms with Crippen molar-refractivity contribution in [2.45, 2.75) is 44.2 Å². The van der Waals surface area contributed by atoms with Gasteiger partial charge in [-0.3, -0.25) is 10.1 Å². The van der Waals surface area contributed by atoms with Crippen molar-refractivity contribution in [3.05, 3.63) is 52.1 Å². The highest BCUT2D eigenvalue weighted by atomic mass is 16.7. The van der Waals surface area contributed by atoms with Crippen LogP contribution >= 0.6 is 0 Å². The molecule has 1 heterocycles. The Balaban J connectivity index is 2.31. The lowest BCUT2D eigenvalue weighted by Gasteiger charge is -2.25. The van der Waals surface area contributed by atoms with Crippen LogP contribution in [-0.2, 0) is 5.41 Å². The summed E-state index contributed by atoms with van der Waals surface area (Å²) in [6.07, 6.45) is 1.47. The third kappa shape index (κ3) is 2.01. The van der Waals surface area contributed by atoms with Crippen molar-refractivity contribution in [1.29, 1.82) is 10.5 Å². The second-order valence-electron chi connectivity index (χ2n) is 7.79. The highest BCUT2D eigenvalue weighted by molar-refractivity contribution is 5.52. The van der Waals surface area contributed by atoms with Crippen LogP contribution in [0.3, 0.4) is 0 Å². The molecule has 1 aromatic rings. The average Bonchev–Trinajstić information content (AvgIpc) is 3.05. The van der Waals surface area contributed by atoms with Gasteiger partial charge in [-0.1, -0.05) is 39.0 Å². The van der Waals surface area contributed by atoms with Crippen LogP contribution in [0.1, 0.15) is 44.2 Å². The van der Waals surface area contributed by atoms with Crippen LogP contribution in [0.2, 0.25) is 0 Å². The van der Waals surface area contributed by atoms with Crippen LogP contribution in [0.5, 0.6) is 5.75 Å². The molecule has 128 valence electrons. The van der Waals surface area contributed by atoms with Crippen LogP contribution < -0.4 is 4.74 Å². The van der Waals surface area contributed by atoms with Gasteiger partial charge in [-0.05, 0) is 23.5 Å². The molecular weight excluding hydrogens is 318 g/mol. The molecule has 3 rings (SSSR count). The number of fused-ring (bicyclic) bond motifs is 3. The Morgan fingerprint density at radius 2 is 2.04 bits per heavy atom. The summed E-state index contributed by atoms with van der Waals surface area (Å²) in [4.78, 5) is 11.6. The number of nitro groups is 1. The number of hydrogen-bond acceptors (Lipinski definition) is 5. The van der Waals surface area contributed by atoms with Gasteiger partial charge in [-0.15, -0.1) is 6.58 Å². The van der Waals surface area contributed by atoms with Crippen molar-refractivity contribution in [2.24, 2.45) is 11.3 Å². The quantitative estimate of drug-likeness (QED) is 0.465. The molecule has 0 saturated heterocycles. The number of benzene rings is 1. The standard InChI is InChI=1S/C19H19N3O3/c1-5-12-9-18(10-20,11-21)16-14-8-13(17(2,3)4)6-7-15(14)25-19(12,16)22(23)24/h5-8,12,16H,1,9H2,2-4H3/t12?,16-,19+/m1/s1. The van der Waals surface area contributed by atoms with Crippen LogP contribution in [0, 0.1) is 44.1 Å². The predicted octanol–water partition coefficient (Wildman–Crippen LogP) is 3.67. The molecule has 0 spiro atoms. The Morgan fingerprint density at radius 3 is 2.52 bits per heavy atom. The van der Waals surface area contributed by atoms with E-state index >= 15 is 0 Å². The Kier molecular flexibility index (Phi) is 3.44. The van der Waals surface area contributed by atoms with Gasteiger partial charge in [0.25, 0.3) is 0 Å². The number of ether oxygens (including phenoxy) is 1. The second kappa shape index (κ2) is 5.07. The number of hydrogen-bond donors (Lipinski definition) is 0. The van der Waals surface area contributed by atoms with Crippen LogP contribution in [0.4, 0.5) is 0 Å². The van der Waals surface area contributed by atoms with Gasteiger partial charge in [0, 0.05) is 5.56 Å². The van der Waals surface area contributed by atoms with Crippen LogP contribution in [0.25, 0.3) is 0 Å². The molecular formula is C19H19N3O3. The lowest BCUT2D eigenvalue weighted by molar-refractivity contribution is -0.622. The summed E-state index contributed by atoms with van der Waals surface area (Å²) in [5.41, 5.74) is -2.01. The Labute approximate surface area is 146 Å². The van der Waals surface area contributed by atoms with Crippen molar-refractivity contribution >= 4 is 0 Å². The molecule has 0 bridgehead atoms. The number of rotatable bonds is 2. The van der Waals surface area contributed by atoms with E-state index in [2.05, 4.69) is 6.58 Å². The monoisotopic (exact) mass is 337 g/mol. The first-order valence-electron chi connectivity index (χ1n) is 8.09. The fraction of sp³-hybridized carbons (Fsp3) is 0.474. The second-order valence-corrected chi connectivity index (χ2v) is 7.79. The molecule has 0 radical (unpaired) electrons. The maximum Gasteiger partial charge on any atom is 0.378 e. The van der Waals surface area contributed by atoms with Crippen molar-refractivity contribution in [2.75, 3.05) is 0 Å². The normalized spacial score (nSPS) is 28.8. The van der Waals surface area contributed by atoms with E-state index in [9.17, 15) is 20.6 Å². The molecule has 0 aromatic heterocycles. The van der Waals surface area contributed by atoms with Crippen molar-refractivity contribution in [1.82, 2.24) is 0 Å². The van der Waals surface area contributed by atoms with E-state index in [1.54, 1.807) is 6.07 Å². The zero-order chi connectivity index (χ0) is 18.6. The predicted molar refractivity (Wildman–Crippen MR) is 90.2 cm³/mol. The van der Waals surface area contributed by atoms with Crippen LogP contribution in [-0.4, -0.2) is 10.6 Å². The molecule has 1 fully saturated rings. The van der Waals surface area contributed by atoms with E-state index in [1.807, 2.05) is 45.0 Å². The highest BCUT2D eigenvalue weighted by Gasteiger charge is 2.76. The van der Waals surface area contributed by atoms with Gasteiger partial charge in [0.2, 0.25) is 0 Å². The van der Waals surface area contributed by atoms with Gasteiger partial charge < -0.3 is 4.74 Å². The van der Waals surface area contributed by atoms with E-state index in [1.165, 1.54) is 6.08 Å². The van der Waals surface area contributed by atoms with Crippen molar-refractivity contribution in [3.8, 4) is 17.9 Å². The van der Waals surface area contributed by atoms with E-state index < -0.39 is 27.9 Å². The van der Waals surface area contributed by atoms with E-state index in [4.69, 9.17) is 4.74 Å². The molecule has 1 saturated carbocycles. The molecule has 6 heteroatoms. The molecule has 2 aliphatic rings. The first kappa shape index (κ1) is 17.0. The minimum atomic E-state index is -1.86. The first-order valence-corrected chi connectivity index (χ1v) is 8.09. The summed E-state index contributed by atoms with van der Waals surface area (Å²) in [5.74, 6) is -1.31. The summed E-state index contributed by atoms with van der Waals surface area (Å²) >= 11 is 0. The Morgan fingerprint density at radius 1 is 1.40 bits per heavy atom. The molecule has 3 atom stereocenters. The van der Waals surface area contributed by atoms with Crippen LogP contribution in [0.15, 0.2) is 30.9 Å². The maximum absolute atomic E-state index is 12.1. The van der Waals surface area contributed by atoms with E-state index in [0.29, 0.717) is 11.3 Å². The summed E-state index contributed by atoms with van der Waals surface area (Å²) in [6.45, 7) is 9.79. The minimum Gasteiger partial charge on any atom is -0.426 e. The molecule has 1 aliphatic heterocycles. The molecule has 1 aromatic carbocycles. The Hall–Kier alpha value is -2.86. The SMILES string of the molecule is C=CC1CC(C#N)(C#N)[C@H]2c3cc(C(C)(C)C)ccc3O[C@@]12[N+](=O)[O-]. The molecule has 25 heavy (non-hydrogen) atoms. The van der Waals surface area contributed by atoms with E-state index in [-0.39, 0.29) is 11.8 Å². The average molecular weight is 337 g/mol. The number of nitriles is 2. The fourth-order valence-electron chi connectivity index (χ4n) is 4.09. The first-order chi connectivity index (χ1) is 11.7. The molecule has 6 nitrogen and oxygen atoms in total. The van der Waals surface area contributed by atoms with Crippen molar-refractivity contribution in [3.63, 3.8) is 0 Å². The van der Waals surface area contributed by atoms with Crippen molar-refractivity contribution < 1.29 is 9.66 Å². The smallest absolute Gasteiger partial charge is 0.378 e. The summed E-state index contributed by atoms with van der Waals surface area (Å²) < 4.78 is 5.84. The third-order valence-corrected chi connectivity index (χ3v) is 5.41. The molecule has 1 aliphatic carbocycles. The summed E-state index contributed by atoms with van der Waals surface area (Å²) in [7, 11) is 0. The molecule has 1 unspecified atom stereocenters. The summed E-state index contributed by atoms with van der Waals surface area (Å²) in [6, 6.07) is 9.52. The van der Waals surface area contributed by atoms with Gasteiger partial charge in [-0.2, -0.15) is 10.5 Å². The van der Waals surface area contributed by atoms with Gasteiger partial charge in [0.05, 0.1) is 23.0 Å². The maximum atomic E-state index is 12.1. The summed E-state index contributed by atoms with van der Waals surface area (Å²) in [5, 5.41) is 31.5. The zero-order valence-electron chi connectivity index (χ0n) is 14.4. The number of nitrogens with zero attached hydrogens (tertiary/aromatic N) is 3. The highest BCUT2D eigenvalue weighted by Crippen LogP contribution is 2.64. The lowest BCUT2D eigenvalue weighted by atomic mass is 9.74. The third-order valence-electron chi connectivity index (χ3n) is 5.41. The zero-order valence-corrected chi connectivity index (χ0v) is 14.4. The lowest BCUT2D eigenvalue weighted by Crippen LogP contribution is -2.49. The molecule has 0 amide bonds. The largest absolute Gasteiger partial charge is 0.426 e. The topological polar surface area (TPSA) is 100.0 Å².